The van der Waals surface area contributed by atoms with E-state index < -0.39 is 0 Å². The fourth-order valence-corrected chi connectivity index (χ4v) is 2.68. The summed E-state index contributed by atoms with van der Waals surface area (Å²) in [6.45, 7) is 6.42. The normalized spacial score (nSPS) is 17.1. The van der Waals surface area contributed by atoms with Gasteiger partial charge in [0.05, 0.1) is 0 Å². The van der Waals surface area contributed by atoms with E-state index in [1.165, 1.54) is 17.5 Å². The van der Waals surface area contributed by atoms with Crippen LogP contribution >= 0.6 is 0 Å². The molecule has 1 aromatic carbocycles. The van der Waals surface area contributed by atoms with Gasteiger partial charge in [-0.15, -0.1) is 0 Å². The van der Waals surface area contributed by atoms with Crippen LogP contribution in [0.1, 0.15) is 30.9 Å². The molecule has 3 rings (SSSR count). The Bertz CT molecular complexity index is 557. The van der Waals surface area contributed by atoms with Gasteiger partial charge in [0.2, 0.25) is 5.95 Å². The fraction of sp³-hybridized carbons (Fsp3) is 0.438. The third-order valence-corrected chi connectivity index (χ3v) is 3.76. The first kappa shape index (κ1) is 12.3. The Morgan fingerprint density at radius 2 is 2.21 bits per heavy atom. The highest BCUT2D eigenvalue weighted by Crippen LogP contribution is 2.36. The summed E-state index contributed by atoms with van der Waals surface area (Å²) in [5.74, 6) is 2.28. The molecule has 0 amide bonds. The van der Waals surface area contributed by atoms with Gasteiger partial charge in [0, 0.05) is 31.4 Å². The van der Waals surface area contributed by atoms with Crippen LogP contribution in [-0.2, 0) is 13.0 Å². The molecule has 1 aliphatic carbocycles. The molecular formula is C16H21N3. The van der Waals surface area contributed by atoms with Crippen molar-refractivity contribution >= 4 is 5.95 Å². The first-order valence-corrected chi connectivity index (χ1v) is 7.07. The van der Waals surface area contributed by atoms with Crippen molar-refractivity contribution in [3.05, 3.63) is 47.8 Å². The minimum Gasteiger partial charge on any atom is -0.355 e. The molecule has 0 radical (unpaired) electrons. The lowest BCUT2D eigenvalue weighted by Crippen LogP contribution is -2.23. The van der Waals surface area contributed by atoms with Gasteiger partial charge in [0.15, 0.2) is 0 Å². The maximum Gasteiger partial charge on any atom is 0.202 e. The average molecular weight is 255 g/mol. The molecule has 19 heavy (non-hydrogen) atoms. The first-order valence-electron chi connectivity index (χ1n) is 7.07. The second-order valence-electron chi connectivity index (χ2n) is 5.78. The van der Waals surface area contributed by atoms with E-state index in [-0.39, 0.29) is 0 Å². The predicted molar refractivity (Wildman–Crippen MR) is 78.4 cm³/mol. The van der Waals surface area contributed by atoms with Gasteiger partial charge in [-0.2, -0.15) is 0 Å². The minimum absolute atomic E-state index is 0.634. The molecular weight excluding hydrogens is 234 g/mol. The maximum atomic E-state index is 4.41. The predicted octanol–water partition coefficient (Wildman–Crippen LogP) is 3.29. The van der Waals surface area contributed by atoms with Gasteiger partial charge in [-0.1, -0.05) is 38.1 Å². The molecule has 0 saturated heterocycles. The van der Waals surface area contributed by atoms with Gasteiger partial charge < -0.3 is 9.88 Å². The minimum atomic E-state index is 0.634. The zero-order valence-electron chi connectivity index (χ0n) is 11.6. The van der Waals surface area contributed by atoms with Crippen LogP contribution in [0, 0.1) is 5.92 Å². The van der Waals surface area contributed by atoms with Gasteiger partial charge in [-0.25, -0.2) is 4.98 Å². The Labute approximate surface area is 114 Å². The van der Waals surface area contributed by atoms with Gasteiger partial charge in [-0.05, 0) is 23.5 Å². The molecule has 1 aliphatic rings. The van der Waals surface area contributed by atoms with Crippen molar-refractivity contribution in [2.75, 3.05) is 11.9 Å². The second kappa shape index (κ2) is 5.08. The van der Waals surface area contributed by atoms with Crippen LogP contribution in [0.3, 0.4) is 0 Å². The van der Waals surface area contributed by atoms with E-state index in [0.717, 1.165) is 19.0 Å². The topological polar surface area (TPSA) is 29.9 Å². The Hall–Kier alpha value is -1.77. The van der Waals surface area contributed by atoms with E-state index in [1.807, 2.05) is 6.20 Å². The molecule has 100 valence electrons. The first-order chi connectivity index (χ1) is 9.24. The van der Waals surface area contributed by atoms with Crippen molar-refractivity contribution < 1.29 is 0 Å². The van der Waals surface area contributed by atoms with E-state index in [9.17, 15) is 0 Å². The highest BCUT2D eigenvalue weighted by atomic mass is 15.2. The monoisotopic (exact) mass is 255 g/mol. The van der Waals surface area contributed by atoms with E-state index >= 15 is 0 Å². The standard InChI is InChI=1S/C16H21N3/c1-12(2)10-18-16-17-7-8-19(16)11-14-9-13-5-3-4-6-15(13)14/h3-8,12,14H,9-11H2,1-2H3,(H,17,18). The van der Waals surface area contributed by atoms with Gasteiger partial charge in [0.1, 0.15) is 0 Å². The Morgan fingerprint density at radius 1 is 1.37 bits per heavy atom. The van der Waals surface area contributed by atoms with Crippen molar-refractivity contribution in [3.63, 3.8) is 0 Å². The number of nitrogens with zero attached hydrogens (tertiary/aromatic N) is 2. The van der Waals surface area contributed by atoms with Crippen molar-refractivity contribution in [1.29, 1.82) is 0 Å². The number of nitrogens with one attached hydrogen (secondary N) is 1. The second-order valence-corrected chi connectivity index (χ2v) is 5.78. The summed E-state index contributed by atoms with van der Waals surface area (Å²) in [5, 5.41) is 3.42. The van der Waals surface area contributed by atoms with Crippen LogP contribution in [0.4, 0.5) is 5.95 Å². The summed E-state index contributed by atoms with van der Waals surface area (Å²) < 4.78 is 2.24. The SMILES string of the molecule is CC(C)CNc1nccn1CC1Cc2ccccc21. The number of fused-ring (bicyclic) bond motifs is 1. The number of rotatable bonds is 5. The van der Waals surface area contributed by atoms with Crippen LogP contribution in [0.15, 0.2) is 36.7 Å². The van der Waals surface area contributed by atoms with Gasteiger partial charge in [0.25, 0.3) is 0 Å². The van der Waals surface area contributed by atoms with E-state index in [1.54, 1.807) is 0 Å². The summed E-state index contributed by atoms with van der Waals surface area (Å²) in [7, 11) is 0. The Morgan fingerprint density at radius 3 is 3.00 bits per heavy atom. The highest BCUT2D eigenvalue weighted by Gasteiger charge is 2.26. The molecule has 0 bridgehead atoms. The van der Waals surface area contributed by atoms with Crippen molar-refractivity contribution in [2.24, 2.45) is 5.92 Å². The molecule has 1 N–H and O–H groups in total. The molecule has 2 aromatic rings. The van der Waals surface area contributed by atoms with Crippen LogP contribution < -0.4 is 5.32 Å². The maximum absolute atomic E-state index is 4.41. The molecule has 3 heteroatoms. The van der Waals surface area contributed by atoms with E-state index in [2.05, 4.69) is 59.2 Å². The van der Waals surface area contributed by atoms with Crippen LogP contribution in [0.2, 0.25) is 0 Å². The average Bonchev–Trinajstić information content (AvgIpc) is 2.81. The number of imidazole rings is 1. The van der Waals surface area contributed by atoms with Crippen molar-refractivity contribution in [3.8, 4) is 0 Å². The lowest BCUT2D eigenvalue weighted by atomic mass is 9.77. The molecule has 1 aromatic heterocycles. The summed E-state index contributed by atoms with van der Waals surface area (Å²) >= 11 is 0. The third-order valence-electron chi connectivity index (χ3n) is 3.76. The Kier molecular flexibility index (Phi) is 3.28. The summed E-state index contributed by atoms with van der Waals surface area (Å²) in [4.78, 5) is 4.41. The zero-order valence-corrected chi connectivity index (χ0v) is 11.6. The number of benzene rings is 1. The lowest BCUT2D eigenvalue weighted by molar-refractivity contribution is 0.510. The molecule has 0 aliphatic heterocycles. The van der Waals surface area contributed by atoms with Crippen LogP contribution in [0.5, 0.6) is 0 Å². The molecule has 1 atom stereocenters. The highest BCUT2D eigenvalue weighted by molar-refractivity contribution is 5.40. The molecule has 3 nitrogen and oxygen atoms in total. The number of hydrogen-bond donors (Lipinski definition) is 1. The third kappa shape index (κ3) is 2.50. The Balaban J connectivity index is 1.67. The molecule has 0 saturated carbocycles. The summed E-state index contributed by atoms with van der Waals surface area (Å²) in [5.41, 5.74) is 3.01. The molecule has 1 unspecified atom stereocenters. The van der Waals surface area contributed by atoms with Crippen molar-refractivity contribution in [2.45, 2.75) is 32.7 Å². The summed E-state index contributed by atoms with van der Waals surface area (Å²) in [6, 6.07) is 8.75. The van der Waals surface area contributed by atoms with Gasteiger partial charge >= 0.3 is 0 Å². The fourth-order valence-electron chi connectivity index (χ4n) is 2.68. The quantitative estimate of drug-likeness (QED) is 0.888. The molecule has 0 fully saturated rings. The molecule has 1 heterocycles. The molecule has 0 spiro atoms. The van der Waals surface area contributed by atoms with E-state index in [0.29, 0.717) is 11.8 Å². The van der Waals surface area contributed by atoms with Crippen molar-refractivity contribution in [1.82, 2.24) is 9.55 Å². The zero-order chi connectivity index (χ0) is 13.2. The van der Waals surface area contributed by atoms with Crippen LogP contribution in [0.25, 0.3) is 0 Å². The smallest absolute Gasteiger partial charge is 0.202 e. The number of anilines is 1. The van der Waals surface area contributed by atoms with E-state index in [4.69, 9.17) is 0 Å². The summed E-state index contributed by atoms with van der Waals surface area (Å²) in [6.07, 6.45) is 5.15. The lowest BCUT2D eigenvalue weighted by Gasteiger charge is -2.30. The number of hydrogen-bond acceptors (Lipinski definition) is 2. The van der Waals surface area contributed by atoms with Gasteiger partial charge in [-0.3, -0.25) is 0 Å². The largest absolute Gasteiger partial charge is 0.355 e. The number of aromatic nitrogens is 2. The van der Waals surface area contributed by atoms with Crippen LogP contribution in [-0.4, -0.2) is 16.1 Å².